The Labute approximate surface area is 298 Å². The summed E-state index contributed by atoms with van der Waals surface area (Å²) in [6.45, 7) is 12.9. The monoisotopic (exact) mass is 685 g/mol. The molecule has 3 aliphatic heterocycles. The van der Waals surface area contributed by atoms with Crippen molar-refractivity contribution >= 4 is 57.3 Å². The first-order chi connectivity index (χ1) is 23.6. The van der Waals surface area contributed by atoms with Gasteiger partial charge in [-0.05, 0) is 100 Å². The number of ether oxygens (including phenoxy) is 1. The van der Waals surface area contributed by atoms with Crippen LogP contribution in [0.25, 0.3) is 16.7 Å². The number of carbonyl (C=O) groups is 2. The maximum Gasteiger partial charge on any atom is 0.336 e. The number of anilines is 2. The van der Waals surface area contributed by atoms with Crippen LogP contribution in [0, 0.1) is 0 Å². The molecule has 3 aromatic carbocycles. The number of likely N-dealkylation sites (N-methyl/N-ethyl adjacent to an activating group) is 2. The lowest BCUT2D eigenvalue weighted by Gasteiger charge is -2.42. The number of amides is 1. The number of hydrogen-bond donors (Lipinski definition) is 1. The summed E-state index contributed by atoms with van der Waals surface area (Å²) in [5.74, 6) is 0.0466. The predicted molar refractivity (Wildman–Crippen MR) is 204 cm³/mol. The van der Waals surface area contributed by atoms with Crippen LogP contribution in [0.5, 0.6) is 11.5 Å². The minimum Gasteiger partial charge on any atom is -0.478 e. The second-order valence-electron chi connectivity index (χ2n) is 14.6. The molecule has 3 aromatic rings. The molecule has 7 nitrogen and oxygen atoms in total. The van der Waals surface area contributed by atoms with E-state index in [2.05, 4.69) is 107 Å². The number of aliphatic carboxylic acids is 1. The van der Waals surface area contributed by atoms with Crippen LogP contribution in [0.2, 0.25) is 0 Å². The number of nitrogens with zero attached hydrogens (tertiary/aromatic N) is 3. The van der Waals surface area contributed by atoms with Gasteiger partial charge in [-0.3, -0.25) is 4.79 Å². The molecule has 4 aliphatic rings. The first-order valence-electron chi connectivity index (χ1n) is 16.7. The zero-order valence-electron chi connectivity index (χ0n) is 29.6. The molecule has 0 spiro atoms. The molecule has 0 bridgehead atoms. The normalized spacial score (nSPS) is 19.1. The molecule has 1 N–H and O–H groups in total. The summed E-state index contributed by atoms with van der Waals surface area (Å²) in [6.07, 6.45) is 9.44. The Kier molecular flexibility index (Phi) is 7.83. The third-order valence-corrected chi connectivity index (χ3v) is 10.8. The highest BCUT2D eigenvalue weighted by Gasteiger charge is 2.36. The van der Waals surface area contributed by atoms with Gasteiger partial charge in [0.15, 0.2) is 0 Å². The number of carbonyl (C=O) groups excluding carboxylic acids is 1. The van der Waals surface area contributed by atoms with E-state index in [1.54, 1.807) is 36.4 Å². The summed E-state index contributed by atoms with van der Waals surface area (Å²) >= 11 is 5.91. The third kappa shape index (κ3) is 5.41. The number of benzene rings is 3. The number of rotatable bonds is 3. The van der Waals surface area contributed by atoms with E-state index in [4.69, 9.17) is 16.3 Å². The summed E-state index contributed by atoms with van der Waals surface area (Å²) < 4.78 is 6.78. The van der Waals surface area contributed by atoms with Gasteiger partial charge in [0.2, 0.25) is 0 Å². The fourth-order valence-electron chi connectivity index (χ4n) is 7.38. The predicted octanol–water partition coefficient (Wildman–Crippen LogP) is 9.46. The number of hydrogen-bond acceptors (Lipinski definition) is 5. The summed E-state index contributed by atoms with van der Waals surface area (Å²) in [7, 11) is 4.16. The molecule has 0 saturated heterocycles. The SMILES string of the molecule is CC1=CC(C)(C)N(C)c2cc3c(cc21)C(=C1C=CC(=NC(=O)c2ccc(CCl)cc2)C=C1C(=O)O)c1cc2c(cc1O3)N(C)C(C)(C)C=C2C. The molecular formula is C42H40ClN3O4. The summed E-state index contributed by atoms with van der Waals surface area (Å²) in [4.78, 5) is 34.9. The summed E-state index contributed by atoms with van der Waals surface area (Å²) in [5.41, 5.74) is 10.5. The van der Waals surface area contributed by atoms with Gasteiger partial charge in [-0.1, -0.05) is 30.4 Å². The molecule has 8 heteroatoms. The maximum absolute atomic E-state index is 13.1. The molecule has 1 amide bonds. The number of aliphatic imine (C=N–C) groups is 1. The van der Waals surface area contributed by atoms with E-state index in [1.165, 1.54) is 6.08 Å². The van der Waals surface area contributed by atoms with Crippen LogP contribution < -0.4 is 14.5 Å². The molecular weight excluding hydrogens is 646 g/mol. The molecule has 7 rings (SSSR count). The standard InChI is InChI=1S/C42H40ClN3O4/c1-23-20-41(3,4)45(7)34-18-36-32(16-29(23)34)38(33-17-30-24(2)21-42(5,6)46(8)35(30)19-37(33)50-36)28-14-13-27(15-31(28)40(48)49)44-39(47)26-11-9-25(22-43)10-12-26/h9-21H,22H2,1-8H3,(H,48,49). The van der Waals surface area contributed by atoms with Gasteiger partial charge in [-0.15, -0.1) is 11.6 Å². The van der Waals surface area contributed by atoms with Crippen molar-refractivity contribution in [2.45, 2.75) is 58.5 Å². The fourth-order valence-corrected chi connectivity index (χ4v) is 7.56. The lowest BCUT2D eigenvalue weighted by Crippen LogP contribution is -2.42. The van der Waals surface area contributed by atoms with E-state index in [0.29, 0.717) is 28.5 Å². The van der Waals surface area contributed by atoms with Crippen LogP contribution in [-0.4, -0.2) is 47.9 Å². The quantitative estimate of drug-likeness (QED) is 0.216. The van der Waals surface area contributed by atoms with E-state index in [1.807, 2.05) is 0 Å². The van der Waals surface area contributed by atoms with Crippen LogP contribution >= 0.6 is 11.6 Å². The topological polar surface area (TPSA) is 82.4 Å². The Morgan fingerprint density at radius 3 is 1.80 bits per heavy atom. The van der Waals surface area contributed by atoms with E-state index in [-0.39, 0.29) is 22.4 Å². The van der Waals surface area contributed by atoms with Gasteiger partial charge in [0.25, 0.3) is 5.91 Å². The first-order valence-corrected chi connectivity index (χ1v) is 17.2. The van der Waals surface area contributed by atoms with Gasteiger partial charge in [0, 0.05) is 76.9 Å². The lowest BCUT2D eigenvalue weighted by molar-refractivity contribution is -0.132. The van der Waals surface area contributed by atoms with E-state index in [0.717, 1.165) is 55.9 Å². The number of fused-ring (bicyclic) bond motifs is 4. The van der Waals surface area contributed by atoms with Crippen molar-refractivity contribution in [2.75, 3.05) is 23.9 Å². The van der Waals surface area contributed by atoms with Crippen LogP contribution in [0.15, 0.2) is 95.0 Å². The maximum atomic E-state index is 13.1. The van der Waals surface area contributed by atoms with Gasteiger partial charge >= 0.3 is 5.97 Å². The van der Waals surface area contributed by atoms with Crippen molar-refractivity contribution in [2.24, 2.45) is 4.99 Å². The van der Waals surface area contributed by atoms with Crippen LogP contribution in [-0.2, 0) is 10.7 Å². The minimum absolute atomic E-state index is 0.0387. The van der Waals surface area contributed by atoms with E-state index < -0.39 is 11.9 Å². The van der Waals surface area contributed by atoms with Crippen molar-refractivity contribution in [1.29, 1.82) is 0 Å². The van der Waals surface area contributed by atoms with Crippen molar-refractivity contribution in [1.82, 2.24) is 0 Å². The zero-order valence-corrected chi connectivity index (χ0v) is 30.4. The highest BCUT2D eigenvalue weighted by molar-refractivity contribution is 6.19. The molecule has 1 aliphatic carbocycles. The zero-order chi connectivity index (χ0) is 35.9. The number of halogens is 1. The van der Waals surface area contributed by atoms with E-state index >= 15 is 0 Å². The Balaban J connectivity index is 1.46. The van der Waals surface area contributed by atoms with Crippen LogP contribution in [0.4, 0.5) is 11.4 Å². The molecule has 0 saturated carbocycles. The Hall–Kier alpha value is -5.14. The molecule has 0 unspecified atom stereocenters. The van der Waals surface area contributed by atoms with E-state index in [9.17, 15) is 14.7 Å². The third-order valence-electron chi connectivity index (χ3n) is 10.5. The molecule has 0 radical (unpaired) electrons. The van der Waals surface area contributed by atoms with Crippen molar-refractivity contribution < 1.29 is 19.4 Å². The number of carboxylic acids is 1. The lowest BCUT2D eigenvalue weighted by atomic mass is 9.80. The Morgan fingerprint density at radius 1 is 0.800 bits per heavy atom. The van der Waals surface area contributed by atoms with Crippen LogP contribution in [0.3, 0.4) is 0 Å². The summed E-state index contributed by atoms with van der Waals surface area (Å²) in [6, 6.07) is 15.3. The average molecular weight is 686 g/mol. The average Bonchev–Trinajstić information content (AvgIpc) is 3.07. The summed E-state index contributed by atoms with van der Waals surface area (Å²) in [5, 5.41) is 10.7. The fraction of sp³-hybridized carbons (Fsp3) is 0.262. The first kappa shape index (κ1) is 33.4. The number of alkyl halides is 1. The van der Waals surface area contributed by atoms with Crippen molar-refractivity contribution in [3.63, 3.8) is 0 Å². The van der Waals surface area contributed by atoms with Gasteiger partial charge in [-0.25, -0.2) is 9.79 Å². The second-order valence-corrected chi connectivity index (χ2v) is 14.8. The van der Waals surface area contributed by atoms with Crippen LogP contribution in [0.1, 0.15) is 79.7 Å². The Bertz CT molecular complexity index is 2120. The molecule has 0 atom stereocenters. The van der Waals surface area contributed by atoms with Gasteiger partial charge < -0.3 is 19.6 Å². The largest absolute Gasteiger partial charge is 0.478 e. The molecule has 0 fully saturated rings. The highest BCUT2D eigenvalue weighted by Crippen LogP contribution is 2.53. The molecule has 0 aromatic heterocycles. The molecule has 3 heterocycles. The van der Waals surface area contributed by atoms with Crippen molar-refractivity contribution in [3.05, 3.63) is 123 Å². The van der Waals surface area contributed by atoms with Gasteiger partial charge in [0.05, 0.1) is 22.4 Å². The highest BCUT2D eigenvalue weighted by atomic mass is 35.5. The number of carboxylic acid groups (broad SMARTS) is 1. The molecule has 254 valence electrons. The van der Waals surface area contributed by atoms with Crippen molar-refractivity contribution in [3.8, 4) is 11.5 Å². The minimum atomic E-state index is -1.12. The Morgan fingerprint density at radius 2 is 1.32 bits per heavy atom. The van der Waals surface area contributed by atoms with Gasteiger partial charge in [-0.2, -0.15) is 0 Å². The second kappa shape index (κ2) is 11.7. The smallest absolute Gasteiger partial charge is 0.336 e. The van der Waals surface area contributed by atoms with Gasteiger partial charge in [0.1, 0.15) is 11.5 Å². The number of allylic oxidation sites excluding steroid dienone is 5. The molecule has 50 heavy (non-hydrogen) atoms.